The molecule has 6 heteroatoms. The lowest BCUT2D eigenvalue weighted by molar-refractivity contribution is 0.311. The van der Waals surface area contributed by atoms with Crippen LogP contribution in [0.15, 0.2) is 47.5 Å². The normalized spacial score (nSPS) is 11.0. The predicted molar refractivity (Wildman–Crippen MR) is 106 cm³/mol. The fourth-order valence-corrected chi connectivity index (χ4v) is 2.46. The number of nitrogens with one attached hydrogen (secondary N) is 2. The molecule has 0 aliphatic heterocycles. The monoisotopic (exact) mass is 357 g/mol. The maximum absolute atomic E-state index is 5.66. The second-order valence-corrected chi connectivity index (χ2v) is 5.39. The van der Waals surface area contributed by atoms with Gasteiger partial charge in [-0.05, 0) is 32.0 Å². The fourth-order valence-electron chi connectivity index (χ4n) is 2.46. The number of ether oxygens (including phenoxy) is 3. The average Bonchev–Trinajstić information content (AvgIpc) is 2.67. The molecule has 0 unspecified atom stereocenters. The summed E-state index contributed by atoms with van der Waals surface area (Å²) in [7, 11) is 3.36. The van der Waals surface area contributed by atoms with Gasteiger partial charge in [0.15, 0.2) is 17.5 Å². The first kappa shape index (κ1) is 19.4. The van der Waals surface area contributed by atoms with Crippen LogP contribution in [0.5, 0.6) is 17.2 Å². The van der Waals surface area contributed by atoms with Crippen LogP contribution in [-0.2, 0) is 6.54 Å². The molecule has 140 valence electrons. The molecule has 0 spiro atoms. The smallest absolute Gasteiger partial charge is 0.195 e. The Morgan fingerprint density at radius 3 is 2.38 bits per heavy atom. The quantitative estimate of drug-likeness (QED) is 0.557. The van der Waals surface area contributed by atoms with Crippen molar-refractivity contribution in [2.45, 2.75) is 20.4 Å². The molecule has 0 amide bonds. The van der Waals surface area contributed by atoms with Crippen molar-refractivity contribution in [3.63, 3.8) is 0 Å². The van der Waals surface area contributed by atoms with Crippen molar-refractivity contribution in [2.75, 3.05) is 32.7 Å². The van der Waals surface area contributed by atoms with Gasteiger partial charge in [-0.15, -0.1) is 0 Å². The van der Waals surface area contributed by atoms with Crippen LogP contribution in [0.4, 0.5) is 5.69 Å². The van der Waals surface area contributed by atoms with Crippen LogP contribution in [0.1, 0.15) is 19.4 Å². The molecule has 0 saturated heterocycles. The SMILES string of the molecule is CCOc1ccccc1CNC(=NC)Nc1ccc(OCC)c(OC)c1. The summed E-state index contributed by atoms with van der Waals surface area (Å²) in [6.07, 6.45) is 0. The van der Waals surface area contributed by atoms with Gasteiger partial charge in [-0.25, -0.2) is 0 Å². The molecule has 2 aromatic carbocycles. The van der Waals surface area contributed by atoms with E-state index in [4.69, 9.17) is 14.2 Å². The molecule has 6 nitrogen and oxygen atoms in total. The van der Waals surface area contributed by atoms with E-state index < -0.39 is 0 Å². The zero-order valence-electron chi connectivity index (χ0n) is 15.8. The lowest BCUT2D eigenvalue weighted by Crippen LogP contribution is -2.30. The second-order valence-electron chi connectivity index (χ2n) is 5.39. The van der Waals surface area contributed by atoms with E-state index in [0.29, 0.717) is 37.2 Å². The standard InChI is InChI=1S/C20H27N3O3/c1-5-25-17-10-8-7-9-15(17)14-22-20(21-3)23-16-11-12-18(26-6-2)19(13-16)24-4/h7-13H,5-6,14H2,1-4H3,(H2,21,22,23). The van der Waals surface area contributed by atoms with Gasteiger partial charge in [0.25, 0.3) is 0 Å². The summed E-state index contributed by atoms with van der Waals surface area (Å²) < 4.78 is 16.6. The van der Waals surface area contributed by atoms with Gasteiger partial charge in [0.2, 0.25) is 0 Å². The Morgan fingerprint density at radius 2 is 1.69 bits per heavy atom. The number of hydrogen-bond acceptors (Lipinski definition) is 4. The number of aliphatic imine (C=N–C) groups is 1. The van der Waals surface area contributed by atoms with Crippen LogP contribution in [0, 0.1) is 0 Å². The summed E-state index contributed by atoms with van der Waals surface area (Å²) in [4.78, 5) is 4.27. The first-order chi connectivity index (χ1) is 12.7. The third kappa shape index (κ3) is 5.31. The van der Waals surface area contributed by atoms with Crippen molar-refractivity contribution in [1.29, 1.82) is 0 Å². The Morgan fingerprint density at radius 1 is 0.962 bits per heavy atom. The molecule has 0 atom stereocenters. The summed E-state index contributed by atoms with van der Waals surface area (Å²) in [6.45, 7) is 5.74. The molecule has 0 saturated carbocycles. The molecular weight excluding hydrogens is 330 g/mol. The molecule has 2 N–H and O–H groups in total. The molecule has 2 aromatic rings. The van der Waals surface area contributed by atoms with Crippen LogP contribution in [0.3, 0.4) is 0 Å². The number of hydrogen-bond donors (Lipinski definition) is 2. The molecule has 0 radical (unpaired) electrons. The number of para-hydroxylation sites is 1. The number of benzene rings is 2. The summed E-state index contributed by atoms with van der Waals surface area (Å²) in [5, 5.41) is 6.55. The minimum absolute atomic E-state index is 0.589. The number of anilines is 1. The number of nitrogens with zero attached hydrogens (tertiary/aromatic N) is 1. The van der Waals surface area contributed by atoms with Crippen molar-refractivity contribution < 1.29 is 14.2 Å². The zero-order chi connectivity index (χ0) is 18.8. The van der Waals surface area contributed by atoms with Crippen molar-refractivity contribution >= 4 is 11.6 Å². The molecule has 0 aliphatic rings. The maximum atomic E-state index is 5.66. The van der Waals surface area contributed by atoms with E-state index in [0.717, 1.165) is 17.0 Å². The highest BCUT2D eigenvalue weighted by Gasteiger charge is 2.08. The highest BCUT2D eigenvalue weighted by Crippen LogP contribution is 2.30. The van der Waals surface area contributed by atoms with Crippen molar-refractivity contribution in [3.05, 3.63) is 48.0 Å². The van der Waals surface area contributed by atoms with Gasteiger partial charge in [0.05, 0.1) is 20.3 Å². The van der Waals surface area contributed by atoms with Gasteiger partial charge in [-0.3, -0.25) is 4.99 Å². The highest BCUT2D eigenvalue weighted by atomic mass is 16.5. The summed E-state index contributed by atoms with van der Waals surface area (Å²) >= 11 is 0. The number of guanidine groups is 1. The summed E-state index contributed by atoms with van der Waals surface area (Å²) in [5.74, 6) is 2.92. The van der Waals surface area contributed by atoms with Crippen LogP contribution in [0.2, 0.25) is 0 Å². The Balaban J connectivity index is 2.04. The molecule has 0 bridgehead atoms. The topological polar surface area (TPSA) is 64.1 Å². The fraction of sp³-hybridized carbons (Fsp3) is 0.350. The van der Waals surface area contributed by atoms with Crippen LogP contribution in [-0.4, -0.2) is 33.3 Å². The predicted octanol–water partition coefficient (Wildman–Crippen LogP) is 3.68. The first-order valence-corrected chi connectivity index (χ1v) is 8.71. The van der Waals surface area contributed by atoms with Gasteiger partial charge < -0.3 is 24.8 Å². The van der Waals surface area contributed by atoms with Gasteiger partial charge >= 0.3 is 0 Å². The highest BCUT2D eigenvalue weighted by molar-refractivity contribution is 5.93. The second kappa shape index (κ2) is 10.2. The van der Waals surface area contributed by atoms with Gasteiger partial charge in [-0.2, -0.15) is 0 Å². The van der Waals surface area contributed by atoms with E-state index >= 15 is 0 Å². The Bertz CT molecular complexity index is 732. The van der Waals surface area contributed by atoms with Gasteiger partial charge in [-0.1, -0.05) is 18.2 Å². The lowest BCUT2D eigenvalue weighted by atomic mass is 10.2. The molecule has 2 rings (SSSR count). The summed E-state index contributed by atoms with van der Waals surface area (Å²) in [6, 6.07) is 13.6. The summed E-state index contributed by atoms with van der Waals surface area (Å²) in [5.41, 5.74) is 1.93. The first-order valence-electron chi connectivity index (χ1n) is 8.71. The van der Waals surface area contributed by atoms with E-state index in [1.54, 1.807) is 14.2 Å². The van der Waals surface area contributed by atoms with Crippen molar-refractivity contribution in [1.82, 2.24) is 5.32 Å². The largest absolute Gasteiger partial charge is 0.494 e. The minimum Gasteiger partial charge on any atom is -0.494 e. The van der Waals surface area contributed by atoms with E-state index in [9.17, 15) is 0 Å². The third-order valence-corrected chi connectivity index (χ3v) is 3.67. The third-order valence-electron chi connectivity index (χ3n) is 3.67. The minimum atomic E-state index is 0.589. The van der Waals surface area contributed by atoms with Crippen LogP contribution in [0.25, 0.3) is 0 Å². The molecule has 0 aliphatic carbocycles. The van der Waals surface area contributed by atoms with Crippen molar-refractivity contribution in [2.24, 2.45) is 4.99 Å². The molecule has 0 aromatic heterocycles. The Kier molecular flexibility index (Phi) is 7.61. The van der Waals surface area contributed by atoms with Crippen LogP contribution >= 0.6 is 0 Å². The zero-order valence-corrected chi connectivity index (χ0v) is 15.8. The van der Waals surface area contributed by atoms with Gasteiger partial charge in [0.1, 0.15) is 5.75 Å². The lowest BCUT2D eigenvalue weighted by Gasteiger charge is -2.16. The Hall–Kier alpha value is -2.89. The van der Waals surface area contributed by atoms with E-state index in [1.807, 2.05) is 56.3 Å². The van der Waals surface area contributed by atoms with E-state index in [1.165, 1.54) is 0 Å². The van der Waals surface area contributed by atoms with Crippen molar-refractivity contribution in [3.8, 4) is 17.2 Å². The number of rotatable bonds is 8. The molecular formula is C20H27N3O3. The Labute approximate surface area is 155 Å². The maximum Gasteiger partial charge on any atom is 0.195 e. The average molecular weight is 357 g/mol. The van der Waals surface area contributed by atoms with Crippen LogP contribution < -0.4 is 24.8 Å². The molecule has 0 fully saturated rings. The molecule has 0 heterocycles. The van der Waals surface area contributed by atoms with Gasteiger partial charge in [0, 0.05) is 30.9 Å². The number of methoxy groups -OCH3 is 1. The molecule has 26 heavy (non-hydrogen) atoms. The van der Waals surface area contributed by atoms with E-state index in [2.05, 4.69) is 15.6 Å². The van der Waals surface area contributed by atoms with E-state index in [-0.39, 0.29) is 0 Å².